The molecule has 8 nitrogen and oxygen atoms in total. The predicted molar refractivity (Wildman–Crippen MR) is 84.2 cm³/mol. The van der Waals surface area contributed by atoms with Gasteiger partial charge in [-0.25, -0.2) is 0 Å². The van der Waals surface area contributed by atoms with Crippen LogP contribution >= 0.6 is 0 Å². The van der Waals surface area contributed by atoms with E-state index in [1.807, 2.05) is 6.92 Å². The summed E-state index contributed by atoms with van der Waals surface area (Å²) in [5.74, 6) is 0.608. The lowest BCUT2D eigenvalue weighted by molar-refractivity contribution is -0.384. The number of benzene rings is 1. The van der Waals surface area contributed by atoms with Gasteiger partial charge in [0.1, 0.15) is 5.69 Å². The van der Waals surface area contributed by atoms with Gasteiger partial charge in [0, 0.05) is 24.9 Å². The van der Waals surface area contributed by atoms with E-state index in [-0.39, 0.29) is 11.4 Å². The SMILES string of the molecule is CCOc1ccc(NC(=O)c2cc([N+](=O)[O-])cn2C)cc1OC. The number of aromatic nitrogens is 1. The normalized spacial score (nSPS) is 10.2. The average molecular weight is 319 g/mol. The first-order valence-corrected chi connectivity index (χ1v) is 6.89. The Morgan fingerprint density at radius 2 is 2.09 bits per heavy atom. The van der Waals surface area contributed by atoms with E-state index < -0.39 is 10.8 Å². The highest BCUT2D eigenvalue weighted by Gasteiger charge is 2.18. The lowest BCUT2D eigenvalue weighted by atomic mass is 10.2. The van der Waals surface area contributed by atoms with Crippen molar-refractivity contribution in [2.24, 2.45) is 7.05 Å². The Kier molecular flexibility index (Phi) is 4.85. The highest BCUT2D eigenvalue weighted by molar-refractivity contribution is 6.03. The van der Waals surface area contributed by atoms with Crippen LogP contribution in [0.1, 0.15) is 17.4 Å². The lowest BCUT2D eigenvalue weighted by Crippen LogP contribution is -2.15. The van der Waals surface area contributed by atoms with E-state index in [1.165, 1.54) is 23.9 Å². The predicted octanol–water partition coefficient (Wildman–Crippen LogP) is 2.59. The monoisotopic (exact) mass is 319 g/mol. The molecule has 0 atom stereocenters. The summed E-state index contributed by atoms with van der Waals surface area (Å²) in [6.07, 6.45) is 1.29. The van der Waals surface area contributed by atoms with Crippen molar-refractivity contribution in [2.75, 3.05) is 19.0 Å². The second-order valence-corrected chi connectivity index (χ2v) is 4.70. The van der Waals surface area contributed by atoms with Crippen LogP contribution in [-0.2, 0) is 7.05 Å². The minimum absolute atomic E-state index is 0.137. The van der Waals surface area contributed by atoms with Gasteiger partial charge in [-0.15, -0.1) is 0 Å². The quantitative estimate of drug-likeness (QED) is 0.652. The van der Waals surface area contributed by atoms with Crippen molar-refractivity contribution in [1.82, 2.24) is 4.57 Å². The second-order valence-electron chi connectivity index (χ2n) is 4.70. The van der Waals surface area contributed by atoms with Gasteiger partial charge in [-0.05, 0) is 19.1 Å². The third-order valence-corrected chi connectivity index (χ3v) is 3.16. The Bertz CT molecular complexity index is 739. The number of hydrogen-bond acceptors (Lipinski definition) is 5. The highest BCUT2D eigenvalue weighted by atomic mass is 16.6. The number of ether oxygens (including phenoxy) is 2. The fourth-order valence-electron chi connectivity index (χ4n) is 2.09. The van der Waals surface area contributed by atoms with Crippen molar-refractivity contribution in [3.63, 3.8) is 0 Å². The van der Waals surface area contributed by atoms with Gasteiger partial charge in [0.2, 0.25) is 0 Å². The van der Waals surface area contributed by atoms with Crippen molar-refractivity contribution in [2.45, 2.75) is 6.92 Å². The summed E-state index contributed by atoms with van der Waals surface area (Å²) >= 11 is 0. The van der Waals surface area contributed by atoms with Gasteiger partial charge < -0.3 is 19.4 Å². The van der Waals surface area contributed by atoms with Crippen LogP contribution in [0.25, 0.3) is 0 Å². The topological polar surface area (TPSA) is 95.6 Å². The number of aryl methyl sites for hydroxylation is 1. The molecule has 0 bridgehead atoms. The molecule has 1 amide bonds. The fraction of sp³-hybridized carbons (Fsp3) is 0.267. The highest BCUT2D eigenvalue weighted by Crippen LogP contribution is 2.30. The Morgan fingerprint density at radius 1 is 1.35 bits per heavy atom. The number of anilines is 1. The zero-order valence-corrected chi connectivity index (χ0v) is 13.0. The maximum Gasteiger partial charge on any atom is 0.287 e. The number of carbonyl (C=O) groups is 1. The van der Waals surface area contributed by atoms with Crippen LogP contribution in [0.3, 0.4) is 0 Å². The molecule has 0 saturated heterocycles. The molecular formula is C15H17N3O5. The number of methoxy groups -OCH3 is 1. The molecule has 2 rings (SSSR count). The number of nitrogens with one attached hydrogen (secondary N) is 1. The Labute approximate surface area is 132 Å². The molecule has 0 saturated carbocycles. The van der Waals surface area contributed by atoms with Crippen molar-refractivity contribution < 1.29 is 19.2 Å². The van der Waals surface area contributed by atoms with E-state index in [2.05, 4.69) is 5.32 Å². The summed E-state index contributed by atoms with van der Waals surface area (Å²) in [5.41, 5.74) is 0.547. The van der Waals surface area contributed by atoms with Crippen LogP contribution < -0.4 is 14.8 Å². The summed E-state index contributed by atoms with van der Waals surface area (Å²) in [5, 5.41) is 13.4. The van der Waals surface area contributed by atoms with E-state index in [4.69, 9.17) is 9.47 Å². The summed E-state index contributed by atoms with van der Waals surface area (Å²) in [6, 6.07) is 6.20. The van der Waals surface area contributed by atoms with Gasteiger partial charge in [-0.3, -0.25) is 14.9 Å². The molecule has 0 spiro atoms. The number of hydrogen-bond donors (Lipinski definition) is 1. The van der Waals surface area contributed by atoms with Crippen LogP contribution in [0.2, 0.25) is 0 Å². The van der Waals surface area contributed by atoms with Crippen LogP contribution in [0.15, 0.2) is 30.5 Å². The molecule has 0 radical (unpaired) electrons. The van der Waals surface area contributed by atoms with Crippen molar-refractivity contribution in [1.29, 1.82) is 0 Å². The van der Waals surface area contributed by atoms with E-state index >= 15 is 0 Å². The Hall–Kier alpha value is -3.03. The summed E-state index contributed by atoms with van der Waals surface area (Å²) in [7, 11) is 3.07. The summed E-state index contributed by atoms with van der Waals surface area (Å²) in [4.78, 5) is 22.5. The molecule has 0 aliphatic heterocycles. The van der Waals surface area contributed by atoms with E-state index in [9.17, 15) is 14.9 Å². The first-order valence-electron chi connectivity index (χ1n) is 6.89. The molecule has 2 aromatic rings. The maximum atomic E-state index is 12.3. The summed E-state index contributed by atoms with van der Waals surface area (Å²) in [6.45, 7) is 2.35. The van der Waals surface area contributed by atoms with Crippen LogP contribution in [0.5, 0.6) is 11.5 Å². The van der Waals surface area contributed by atoms with E-state index in [0.717, 1.165) is 0 Å². The molecule has 0 fully saturated rings. The molecule has 1 heterocycles. The van der Waals surface area contributed by atoms with E-state index in [1.54, 1.807) is 25.2 Å². The standard InChI is InChI=1S/C15H17N3O5/c1-4-23-13-6-5-10(7-14(13)22-3)16-15(19)12-8-11(18(20)21)9-17(12)2/h5-9H,4H2,1-3H3,(H,16,19). The number of carbonyl (C=O) groups excluding carboxylic acids is 1. The Balaban J connectivity index is 2.21. The molecule has 8 heteroatoms. The fourth-order valence-corrected chi connectivity index (χ4v) is 2.09. The Morgan fingerprint density at radius 3 is 2.65 bits per heavy atom. The molecule has 0 unspecified atom stereocenters. The molecule has 1 aromatic heterocycles. The number of rotatable bonds is 6. The average Bonchev–Trinajstić information content (AvgIpc) is 2.91. The van der Waals surface area contributed by atoms with E-state index in [0.29, 0.717) is 23.8 Å². The molecule has 0 aliphatic rings. The van der Waals surface area contributed by atoms with Crippen LogP contribution in [0.4, 0.5) is 11.4 Å². The van der Waals surface area contributed by atoms with Gasteiger partial charge in [-0.2, -0.15) is 0 Å². The van der Waals surface area contributed by atoms with Crippen molar-refractivity contribution >= 4 is 17.3 Å². The molecular weight excluding hydrogens is 302 g/mol. The summed E-state index contributed by atoms with van der Waals surface area (Å²) < 4.78 is 12.0. The van der Waals surface area contributed by atoms with Crippen LogP contribution in [0, 0.1) is 10.1 Å². The minimum atomic E-state index is -0.545. The zero-order chi connectivity index (χ0) is 17.0. The largest absolute Gasteiger partial charge is 0.493 e. The van der Waals surface area contributed by atoms with Gasteiger partial charge in [0.05, 0.1) is 24.8 Å². The third kappa shape index (κ3) is 3.60. The second kappa shape index (κ2) is 6.82. The van der Waals surface area contributed by atoms with Gasteiger partial charge in [-0.1, -0.05) is 0 Å². The molecule has 1 N–H and O–H groups in total. The van der Waals surface area contributed by atoms with Gasteiger partial charge in [0.25, 0.3) is 11.6 Å². The molecule has 23 heavy (non-hydrogen) atoms. The van der Waals surface area contributed by atoms with Gasteiger partial charge >= 0.3 is 0 Å². The number of amides is 1. The molecule has 0 aliphatic carbocycles. The van der Waals surface area contributed by atoms with Crippen LogP contribution in [-0.4, -0.2) is 29.1 Å². The third-order valence-electron chi connectivity index (χ3n) is 3.16. The first-order chi connectivity index (χ1) is 11.0. The number of nitro groups is 1. The smallest absolute Gasteiger partial charge is 0.287 e. The molecule has 1 aromatic carbocycles. The molecule has 122 valence electrons. The first kappa shape index (κ1) is 16.3. The lowest BCUT2D eigenvalue weighted by Gasteiger charge is -2.11. The zero-order valence-electron chi connectivity index (χ0n) is 13.0. The van der Waals surface area contributed by atoms with Crippen molar-refractivity contribution in [3.05, 3.63) is 46.3 Å². The minimum Gasteiger partial charge on any atom is -0.493 e. The maximum absolute atomic E-state index is 12.3. The van der Waals surface area contributed by atoms with Gasteiger partial charge in [0.15, 0.2) is 11.5 Å². The van der Waals surface area contributed by atoms with Crippen molar-refractivity contribution in [3.8, 4) is 11.5 Å². The number of nitrogens with zero attached hydrogens (tertiary/aromatic N) is 2.